The first-order valence-electron chi connectivity index (χ1n) is 6.71. The second-order valence-corrected chi connectivity index (χ2v) is 6.11. The third-order valence-corrected chi connectivity index (χ3v) is 4.27. The van der Waals surface area contributed by atoms with Gasteiger partial charge in [-0.25, -0.2) is 0 Å². The molecule has 2 aromatic rings. The molecule has 0 atom stereocenters. The number of hydrogen-bond acceptors (Lipinski definition) is 5. The molecule has 2 rings (SSSR count). The summed E-state index contributed by atoms with van der Waals surface area (Å²) in [6, 6.07) is 6.57. The van der Waals surface area contributed by atoms with Gasteiger partial charge in [-0.3, -0.25) is 20.4 Å². The molecule has 0 spiro atoms. The van der Waals surface area contributed by atoms with Crippen molar-refractivity contribution in [3.05, 3.63) is 44.6 Å². The minimum absolute atomic E-state index is 0.323. The Morgan fingerprint density at radius 3 is 2.61 bits per heavy atom. The first kappa shape index (κ1) is 17.3. The van der Waals surface area contributed by atoms with Crippen molar-refractivity contribution in [2.75, 3.05) is 13.7 Å². The molecule has 0 aliphatic carbocycles. The average molecular weight is 399 g/mol. The van der Waals surface area contributed by atoms with Crippen LogP contribution in [0.2, 0.25) is 0 Å². The van der Waals surface area contributed by atoms with Crippen LogP contribution in [-0.2, 0) is 0 Å². The van der Waals surface area contributed by atoms with Crippen LogP contribution in [0.15, 0.2) is 34.1 Å². The van der Waals surface area contributed by atoms with E-state index in [1.54, 1.807) is 29.6 Å². The summed E-state index contributed by atoms with van der Waals surface area (Å²) in [5, 5.41) is 1.78. The summed E-state index contributed by atoms with van der Waals surface area (Å²) in [5.41, 5.74) is 5.06. The van der Waals surface area contributed by atoms with Gasteiger partial charge in [0.2, 0.25) is 0 Å². The van der Waals surface area contributed by atoms with Crippen LogP contribution in [0.1, 0.15) is 27.0 Å². The zero-order valence-corrected chi connectivity index (χ0v) is 14.9. The van der Waals surface area contributed by atoms with Crippen molar-refractivity contribution in [1.29, 1.82) is 0 Å². The standard InChI is InChI=1S/C15H15BrN2O4S/c1-3-22-13-10(16)7-9(8-11(13)21-2)14(19)17-18-15(20)12-5-4-6-23-12/h4-8H,3H2,1-2H3,(H,17,19)(H,18,20). The van der Waals surface area contributed by atoms with Crippen LogP contribution >= 0.6 is 27.3 Å². The highest BCUT2D eigenvalue weighted by Gasteiger charge is 2.16. The van der Waals surface area contributed by atoms with E-state index < -0.39 is 5.91 Å². The number of benzene rings is 1. The van der Waals surface area contributed by atoms with Crippen LogP contribution in [0.4, 0.5) is 0 Å². The average Bonchev–Trinajstić information content (AvgIpc) is 3.08. The number of hydrazine groups is 1. The molecule has 0 aliphatic rings. The van der Waals surface area contributed by atoms with Crippen molar-refractivity contribution in [2.24, 2.45) is 0 Å². The van der Waals surface area contributed by atoms with Crippen molar-refractivity contribution in [3.8, 4) is 11.5 Å². The van der Waals surface area contributed by atoms with Gasteiger partial charge in [-0.05, 0) is 46.4 Å². The summed E-state index contributed by atoms with van der Waals surface area (Å²) >= 11 is 4.64. The fourth-order valence-electron chi connectivity index (χ4n) is 1.79. The molecule has 0 saturated carbocycles. The second kappa shape index (κ2) is 7.98. The maximum Gasteiger partial charge on any atom is 0.279 e. The van der Waals surface area contributed by atoms with E-state index in [0.717, 1.165) is 0 Å². The second-order valence-electron chi connectivity index (χ2n) is 4.31. The van der Waals surface area contributed by atoms with E-state index in [1.807, 2.05) is 6.92 Å². The minimum atomic E-state index is -0.461. The van der Waals surface area contributed by atoms with Gasteiger partial charge in [-0.1, -0.05) is 6.07 Å². The van der Waals surface area contributed by atoms with Crippen molar-refractivity contribution < 1.29 is 19.1 Å². The van der Waals surface area contributed by atoms with Crippen LogP contribution in [0.25, 0.3) is 0 Å². The number of thiophene rings is 1. The summed E-state index contributed by atoms with van der Waals surface area (Å²) in [6.45, 7) is 2.32. The van der Waals surface area contributed by atoms with E-state index in [-0.39, 0.29) is 5.91 Å². The summed E-state index contributed by atoms with van der Waals surface area (Å²) in [6.07, 6.45) is 0. The van der Waals surface area contributed by atoms with Crippen LogP contribution < -0.4 is 20.3 Å². The molecule has 6 nitrogen and oxygen atoms in total. The Labute approximate surface area is 145 Å². The van der Waals surface area contributed by atoms with Gasteiger partial charge in [-0.15, -0.1) is 11.3 Å². The Morgan fingerprint density at radius 2 is 2.00 bits per heavy atom. The number of carbonyl (C=O) groups is 2. The van der Waals surface area contributed by atoms with Gasteiger partial charge in [0.1, 0.15) is 0 Å². The molecule has 8 heteroatoms. The van der Waals surface area contributed by atoms with Crippen LogP contribution in [-0.4, -0.2) is 25.5 Å². The number of halogens is 1. The van der Waals surface area contributed by atoms with Gasteiger partial charge in [0.05, 0.1) is 23.1 Å². The SMILES string of the molecule is CCOc1c(Br)cc(C(=O)NNC(=O)c2cccs2)cc1OC. The molecule has 0 aliphatic heterocycles. The van der Waals surface area contributed by atoms with Crippen LogP contribution in [0, 0.1) is 0 Å². The largest absolute Gasteiger partial charge is 0.493 e. The van der Waals surface area contributed by atoms with Crippen LogP contribution in [0.5, 0.6) is 11.5 Å². The van der Waals surface area contributed by atoms with Crippen LogP contribution in [0.3, 0.4) is 0 Å². The van der Waals surface area contributed by atoms with Gasteiger partial charge in [-0.2, -0.15) is 0 Å². The maximum atomic E-state index is 12.2. The molecule has 0 unspecified atom stereocenters. The predicted octanol–water partition coefficient (Wildman–Crippen LogP) is 2.99. The van der Waals surface area contributed by atoms with E-state index in [2.05, 4.69) is 26.8 Å². The number of nitrogens with one attached hydrogen (secondary N) is 2. The third kappa shape index (κ3) is 4.23. The van der Waals surface area contributed by atoms with Gasteiger partial charge in [0.25, 0.3) is 11.8 Å². The number of methoxy groups -OCH3 is 1. The molecule has 1 heterocycles. The first-order valence-corrected chi connectivity index (χ1v) is 8.38. The Bertz CT molecular complexity index is 704. The van der Waals surface area contributed by atoms with Crippen molar-refractivity contribution in [2.45, 2.75) is 6.92 Å². The number of ether oxygens (including phenoxy) is 2. The van der Waals surface area contributed by atoms with E-state index in [9.17, 15) is 9.59 Å². The van der Waals surface area contributed by atoms with E-state index >= 15 is 0 Å². The Hall–Kier alpha value is -2.06. The highest BCUT2D eigenvalue weighted by molar-refractivity contribution is 9.10. The number of hydrogen-bond donors (Lipinski definition) is 2. The van der Waals surface area contributed by atoms with Crippen molar-refractivity contribution in [1.82, 2.24) is 10.9 Å². The normalized spacial score (nSPS) is 10.0. The predicted molar refractivity (Wildman–Crippen MR) is 91.1 cm³/mol. The molecule has 0 fully saturated rings. The molecular weight excluding hydrogens is 384 g/mol. The Morgan fingerprint density at radius 1 is 1.26 bits per heavy atom. The summed E-state index contributed by atoms with van der Waals surface area (Å²) < 4.78 is 11.3. The van der Waals surface area contributed by atoms with E-state index in [0.29, 0.717) is 33.0 Å². The third-order valence-electron chi connectivity index (χ3n) is 2.81. The Balaban J connectivity index is 2.10. The van der Waals surface area contributed by atoms with Gasteiger partial charge in [0.15, 0.2) is 11.5 Å². The fourth-order valence-corrected chi connectivity index (χ4v) is 2.97. The molecule has 0 bridgehead atoms. The number of amides is 2. The smallest absolute Gasteiger partial charge is 0.279 e. The molecule has 2 N–H and O–H groups in total. The molecule has 1 aromatic heterocycles. The zero-order valence-electron chi connectivity index (χ0n) is 12.5. The lowest BCUT2D eigenvalue weighted by molar-refractivity contribution is 0.0848. The van der Waals surface area contributed by atoms with Gasteiger partial charge in [0, 0.05) is 5.56 Å². The summed E-state index contributed by atoms with van der Waals surface area (Å²) in [5.74, 6) is 0.118. The summed E-state index contributed by atoms with van der Waals surface area (Å²) in [4.78, 5) is 24.5. The molecular formula is C15H15BrN2O4S. The number of rotatable bonds is 5. The van der Waals surface area contributed by atoms with Crippen molar-refractivity contribution >= 4 is 39.1 Å². The maximum absolute atomic E-state index is 12.2. The molecule has 23 heavy (non-hydrogen) atoms. The van der Waals surface area contributed by atoms with Gasteiger partial charge >= 0.3 is 0 Å². The lowest BCUT2D eigenvalue weighted by atomic mass is 10.2. The Kier molecular flexibility index (Phi) is 6.00. The molecule has 0 saturated heterocycles. The first-order chi connectivity index (χ1) is 11.1. The summed E-state index contributed by atoms with van der Waals surface area (Å²) in [7, 11) is 1.49. The van der Waals surface area contributed by atoms with Crippen molar-refractivity contribution in [3.63, 3.8) is 0 Å². The molecule has 0 radical (unpaired) electrons. The lowest BCUT2D eigenvalue weighted by Gasteiger charge is -2.13. The fraction of sp³-hybridized carbons (Fsp3) is 0.200. The minimum Gasteiger partial charge on any atom is -0.493 e. The highest BCUT2D eigenvalue weighted by atomic mass is 79.9. The van der Waals surface area contributed by atoms with E-state index in [1.165, 1.54) is 18.4 Å². The lowest BCUT2D eigenvalue weighted by Crippen LogP contribution is -2.41. The highest BCUT2D eigenvalue weighted by Crippen LogP contribution is 2.36. The van der Waals surface area contributed by atoms with E-state index in [4.69, 9.17) is 9.47 Å². The molecule has 122 valence electrons. The number of carbonyl (C=O) groups excluding carboxylic acids is 2. The quantitative estimate of drug-likeness (QED) is 0.758. The monoisotopic (exact) mass is 398 g/mol. The topological polar surface area (TPSA) is 76.7 Å². The zero-order chi connectivity index (χ0) is 16.8. The molecule has 2 amide bonds. The van der Waals surface area contributed by atoms with Gasteiger partial charge < -0.3 is 9.47 Å². The molecule has 1 aromatic carbocycles.